The molecule has 0 aliphatic carbocycles. The summed E-state index contributed by atoms with van der Waals surface area (Å²) in [6.07, 6.45) is 0.354. The van der Waals surface area contributed by atoms with Crippen molar-refractivity contribution in [3.05, 3.63) is 104 Å². The summed E-state index contributed by atoms with van der Waals surface area (Å²) in [4.78, 5) is 54.4. The zero-order chi connectivity index (χ0) is 29.7. The summed E-state index contributed by atoms with van der Waals surface area (Å²) in [5.41, 5.74) is 2.25. The minimum atomic E-state index is -1.04. The predicted octanol–water partition coefficient (Wildman–Crippen LogP) is 4.86. The Bertz CT molecular complexity index is 1480. The van der Waals surface area contributed by atoms with E-state index < -0.39 is 23.8 Å². The van der Waals surface area contributed by atoms with Crippen LogP contribution in [0.25, 0.3) is 0 Å². The van der Waals surface area contributed by atoms with Crippen LogP contribution in [0.3, 0.4) is 0 Å². The summed E-state index contributed by atoms with van der Waals surface area (Å²) in [7, 11) is 1.62. The average molecular weight is 599 g/mol. The molecule has 214 valence electrons. The van der Waals surface area contributed by atoms with Crippen molar-refractivity contribution in [3.8, 4) is 0 Å². The maximum Gasteiger partial charge on any atom is 0.317 e. The Kier molecular flexibility index (Phi) is 9.62. The van der Waals surface area contributed by atoms with Crippen molar-refractivity contribution >= 4 is 46.8 Å². The van der Waals surface area contributed by atoms with Crippen LogP contribution in [0.4, 0.5) is 9.18 Å². The van der Waals surface area contributed by atoms with Crippen molar-refractivity contribution in [2.24, 2.45) is 0 Å². The highest BCUT2D eigenvalue weighted by atomic mass is 35.5. The van der Waals surface area contributed by atoms with E-state index in [1.165, 1.54) is 30.0 Å². The van der Waals surface area contributed by atoms with Gasteiger partial charge in [0.25, 0.3) is 11.8 Å². The molecule has 0 spiro atoms. The Balaban J connectivity index is 1.44. The Hall–Kier alpha value is -3.95. The molecule has 0 radical (unpaired) electrons. The molecule has 0 fully saturated rings. The number of nitrogens with one attached hydrogen (secondary N) is 2. The van der Waals surface area contributed by atoms with Crippen LogP contribution >= 0.6 is 23.2 Å². The molecule has 3 aromatic carbocycles. The maximum atomic E-state index is 13.6. The van der Waals surface area contributed by atoms with E-state index >= 15 is 0 Å². The number of ketones is 1. The first-order valence-corrected chi connectivity index (χ1v) is 13.7. The second-order valence-corrected chi connectivity index (χ2v) is 10.6. The van der Waals surface area contributed by atoms with E-state index in [1.807, 2.05) is 30.3 Å². The number of amides is 4. The molecule has 41 heavy (non-hydrogen) atoms. The van der Waals surface area contributed by atoms with E-state index in [0.717, 1.165) is 5.56 Å². The Morgan fingerprint density at radius 3 is 2.44 bits per heavy atom. The van der Waals surface area contributed by atoms with Crippen LogP contribution in [0.2, 0.25) is 10.0 Å². The van der Waals surface area contributed by atoms with E-state index in [9.17, 15) is 23.6 Å². The van der Waals surface area contributed by atoms with E-state index in [-0.39, 0.29) is 46.0 Å². The lowest BCUT2D eigenvalue weighted by atomic mass is 9.95. The quantitative estimate of drug-likeness (QED) is 0.367. The van der Waals surface area contributed by atoms with Gasteiger partial charge in [0.1, 0.15) is 11.9 Å². The van der Waals surface area contributed by atoms with E-state index in [1.54, 1.807) is 24.1 Å². The zero-order valence-corrected chi connectivity index (χ0v) is 24.1. The fourth-order valence-electron chi connectivity index (χ4n) is 4.61. The second-order valence-electron chi connectivity index (χ2n) is 9.84. The molecule has 1 aliphatic heterocycles. The SMILES string of the molecule is CC(=O)[C@H](CNC(=O)N(C)Cc1ccccc1)NC(=O)c1c(Cl)cc2c(c1Cl)CCN(Cc1cccc(F)c1)C2=O. The number of benzene rings is 3. The van der Waals surface area contributed by atoms with Gasteiger partial charge in [0.05, 0.1) is 15.6 Å². The lowest BCUT2D eigenvalue weighted by Crippen LogP contribution is -2.49. The topological polar surface area (TPSA) is 98.8 Å². The summed E-state index contributed by atoms with van der Waals surface area (Å²) >= 11 is 13.0. The molecule has 0 saturated carbocycles. The summed E-state index contributed by atoms with van der Waals surface area (Å²) in [5.74, 6) is -1.81. The van der Waals surface area contributed by atoms with Gasteiger partial charge in [0.15, 0.2) is 5.78 Å². The molecule has 1 aliphatic rings. The molecule has 0 unspecified atom stereocenters. The number of carbonyl (C=O) groups excluding carboxylic acids is 4. The maximum absolute atomic E-state index is 13.6. The standard InChI is InChI=1S/C30H29Cl2FN4O4/c1-18(38)25(15-34-30(41)36(2)16-19-7-4-3-5-8-19)35-28(39)26-24(31)14-23-22(27(26)32)11-12-37(29(23)40)17-20-9-6-10-21(33)13-20/h3-10,13-14,25H,11-12,15-17H2,1-2H3,(H,34,41)(H,35,39)/t25-/m0/s1. The van der Waals surface area contributed by atoms with Crippen LogP contribution in [0.1, 0.15) is 44.3 Å². The summed E-state index contributed by atoms with van der Waals surface area (Å²) in [6.45, 7) is 2.03. The first-order chi connectivity index (χ1) is 19.5. The fourth-order valence-corrected chi connectivity index (χ4v) is 5.33. The van der Waals surface area contributed by atoms with Crippen molar-refractivity contribution in [2.75, 3.05) is 20.1 Å². The number of fused-ring (bicyclic) bond motifs is 1. The van der Waals surface area contributed by atoms with Gasteiger partial charge in [-0.2, -0.15) is 0 Å². The molecule has 0 aromatic heterocycles. The molecular formula is C30H29Cl2FN4O4. The lowest BCUT2D eigenvalue weighted by Gasteiger charge is -2.30. The fraction of sp³-hybridized carbons (Fsp3) is 0.267. The predicted molar refractivity (Wildman–Crippen MR) is 155 cm³/mol. The number of hydrogen-bond donors (Lipinski definition) is 2. The van der Waals surface area contributed by atoms with Gasteiger partial charge < -0.3 is 20.4 Å². The molecule has 4 rings (SSSR count). The molecule has 1 atom stereocenters. The van der Waals surface area contributed by atoms with Gasteiger partial charge >= 0.3 is 6.03 Å². The minimum absolute atomic E-state index is 0.0256. The van der Waals surface area contributed by atoms with Crippen molar-refractivity contribution in [3.63, 3.8) is 0 Å². The lowest BCUT2D eigenvalue weighted by molar-refractivity contribution is -0.118. The van der Waals surface area contributed by atoms with E-state index in [2.05, 4.69) is 10.6 Å². The highest BCUT2D eigenvalue weighted by molar-refractivity contribution is 6.41. The van der Waals surface area contributed by atoms with Gasteiger partial charge in [0.2, 0.25) is 0 Å². The second kappa shape index (κ2) is 13.1. The van der Waals surface area contributed by atoms with Crippen molar-refractivity contribution in [1.82, 2.24) is 20.4 Å². The van der Waals surface area contributed by atoms with Gasteiger partial charge in [-0.25, -0.2) is 9.18 Å². The number of rotatable bonds is 9. The normalized spacial score (nSPS) is 13.3. The third-order valence-corrected chi connectivity index (χ3v) is 7.54. The van der Waals surface area contributed by atoms with Gasteiger partial charge in [-0.1, -0.05) is 65.7 Å². The highest BCUT2D eigenvalue weighted by Crippen LogP contribution is 2.35. The molecule has 3 aromatic rings. The monoisotopic (exact) mass is 598 g/mol. The number of Topliss-reactive ketones (excluding diaryl/α,β-unsaturated/α-hetero) is 1. The smallest absolute Gasteiger partial charge is 0.317 e. The number of carbonyl (C=O) groups is 4. The van der Waals surface area contributed by atoms with Crippen LogP contribution in [-0.4, -0.2) is 59.6 Å². The summed E-state index contributed by atoms with van der Waals surface area (Å²) < 4.78 is 13.6. The number of urea groups is 1. The number of halogens is 3. The van der Waals surface area contributed by atoms with E-state index in [4.69, 9.17) is 23.2 Å². The third-order valence-electron chi connectivity index (χ3n) is 6.82. The third kappa shape index (κ3) is 7.23. The van der Waals surface area contributed by atoms with Crippen LogP contribution in [0.15, 0.2) is 60.7 Å². The largest absolute Gasteiger partial charge is 0.340 e. The van der Waals surface area contributed by atoms with Crippen molar-refractivity contribution in [1.29, 1.82) is 0 Å². The Morgan fingerprint density at radius 1 is 1.05 bits per heavy atom. The summed E-state index contributed by atoms with van der Waals surface area (Å²) in [6, 6.07) is 15.4. The summed E-state index contributed by atoms with van der Waals surface area (Å²) in [5, 5.41) is 5.24. The zero-order valence-electron chi connectivity index (χ0n) is 22.5. The first kappa shape index (κ1) is 30.0. The first-order valence-electron chi connectivity index (χ1n) is 12.9. The van der Waals surface area contributed by atoms with Gasteiger partial charge in [-0.15, -0.1) is 0 Å². The number of hydrogen-bond acceptors (Lipinski definition) is 4. The van der Waals surface area contributed by atoms with Crippen molar-refractivity contribution in [2.45, 2.75) is 32.5 Å². The van der Waals surface area contributed by atoms with E-state index in [0.29, 0.717) is 30.6 Å². The van der Waals surface area contributed by atoms with Crippen LogP contribution in [0.5, 0.6) is 0 Å². The molecule has 11 heteroatoms. The van der Waals surface area contributed by atoms with Gasteiger partial charge in [-0.05, 0) is 48.2 Å². The van der Waals surface area contributed by atoms with Crippen molar-refractivity contribution < 1.29 is 23.6 Å². The average Bonchev–Trinajstić information content (AvgIpc) is 2.93. The molecule has 4 amide bonds. The Labute approximate surface area is 247 Å². The molecule has 0 saturated heterocycles. The molecule has 1 heterocycles. The molecule has 2 N–H and O–H groups in total. The van der Waals surface area contributed by atoms with Crippen LogP contribution < -0.4 is 10.6 Å². The van der Waals surface area contributed by atoms with Crippen LogP contribution in [0, 0.1) is 5.82 Å². The molecular weight excluding hydrogens is 570 g/mol. The van der Waals surface area contributed by atoms with Gasteiger partial charge in [-0.3, -0.25) is 14.4 Å². The van der Waals surface area contributed by atoms with Crippen LogP contribution in [-0.2, 0) is 24.3 Å². The molecule has 0 bridgehead atoms. The molecule has 8 nitrogen and oxygen atoms in total. The Morgan fingerprint density at radius 2 is 1.76 bits per heavy atom. The highest BCUT2D eigenvalue weighted by Gasteiger charge is 2.31. The van der Waals surface area contributed by atoms with Gasteiger partial charge in [0, 0.05) is 38.8 Å². The number of nitrogens with zero attached hydrogens (tertiary/aromatic N) is 2. The minimum Gasteiger partial charge on any atom is -0.340 e.